The van der Waals surface area contributed by atoms with Crippen LogP contribution in [-0.2, 0) is 6.42 Å². The fourth-order valence-corrected chi connectivity index (χ4v) is 1.52. The molecule has 0 aromatic heterocycles. The highest BCUT2D eigenvalue weighted by Gasteiger charge is 2.33. The van der Waals surface area contributed by atoms with Gasteiger partial charge >= 0.3 is 6.36 Å². The smallest absolute Gasteiger partial charge is 0.405 e. The summed E-state index contributed by atoms with van der Waals surface area (Å²) in [5.41, 5.74) is 0.761. The molecule has 1 rings (SSSR count). The second-order valence-electron chi connectivity index (χ2n) is 3.63. The summed E-state index contributed by atoms with van der Waals surface area (Å²) in [6.07, 6.45) is -4.30. The average molecular weight is 247 g/mol. The van der Waals surface area contributed by atoms with E-state index in [-0.39, 0.29) is 12.4 Å². The Labute approximate surface area is 98.0 Å². The summed E-state index contributed by atoms with van der Waals surface area (Å²) in [7, 11) is 0. The van der Waals surface area contributed by atoms with Crippen molar-refractivity contribution in [3.8, 4) is 5.75 Å². The van der Waals surface area contributed by atoms with Gasteiger partial charge in [0.2, 0.25) is 0 Å². The third-order valence-electron chi connectivity index (χ3n) is 2.39. The van der Waals surface area contributed by atoms with Gasteiger partial charge in [0.25, 0.3) is 0 Å². The summed E-state index contributed by atoms with van der Waals surface area (Å²) in [6, 6.07) is 4.73. The van der Waals surface area contributed by atoms with Gasteiger partial charge < -0.3 is 9.84 Å². The second-order valence-corrected chi connectivity index (χ2v) is 3.63. The largest absolute Gasteiger partial charge is 0.573 e. The molecule has 0 amide bonds. The van der Waals surface area contributed by atoms with Crippen LogP contribution in [0.5, 0.6) is 5.75 Å². The van der Waals surface area contributed by atoms with Crippen molar-refractivity contribution in [2.45, 2.75) is 26.6 Å². The summed E-state index contributed by atoms with van der Waals surface area (Å²) in [4.78, 5) is 0. The maximum atomic E-state index is 12.3. The maximum Gasteiger partial charge on any atom is 0.573 e. The molecule has 0 unspecified atom stereocenters. The normalized spacial score (nSPS) is 11.9. The number of halogens is 3. The van der Waals surface area contributed by atoms with Crippen molar-refractivity contribution in [2.24, 2.45) is 0 Å². The number of hydrogen-bond donors (Lipinski definition) is 1. The van der Waals surface area contributed by atoms with Crippen molar-refractivity contribution < 1.29 is 23.0 Å². The van der Waals surface area contributed by atoms with Crippen LogP contribution in [-0.4, -0.2) is 18.1 Å². The Morgan fingerprint density at radius 3 is 2.47 bits per heavy atom. The molecule has 1 aromatic rings. The molecule has 5 heteroatoms. The molecular formula is C12H14F3O2. The number of alkyl halides is 3. The second kappa shape index (κ2) is 5.40. The molecule has 0 atom stereocenters. The van der Waals surface area contributed by atoms with Crippen LogP contribution in [0, 0.1) is 5.92 Å². The van der Waals surface area contributed by atoms with E-state index in [1.165, 1.54) is 6.07 Å². The molecule has 0 aliphatic carbocycles. The molecule has 95 valence electrons. The number of ether oxygens (including phenoxy) is 1. The molecule has 0 aliphatic rings. The van der Waals surface area contributed by atoms with E-state index in [4.69, 9.17) is 5.11 Å². The molecule has 0 saturated heterocycles. The molecule has 0 bridgehead atoms. The summed E-state index contributed by atoms with van der Waals surface area (Å²) in [5.74, 6) is 0.230. The van der Waals surface area contributed by atoms with Gasteiger partial charge in [0, 0.05) is 11.5 Å². The molecule has 2 nitrogen and oxygen atoms in total. The lowest BCUT2D eigenvalue weighted by atomic mass is 9.97. The minimum absolute atomic E-state index is 0.214. The quantitative estimate of drug-likeness (QED) is 0.886. The third-order valence-corrected chi connectivity index (χ3v) is 2.39. The fraction of sp³-hybridized carbons (Fsp3) is 0.417. The monoisotopic (exact) mass is 247 g/mol. The number of rotatable bonds is 4. The Balaban J connectivity index is 3.20. The Morgan fingerprint density at radius 1 is 1.35 bits per heavy atom. The molecule has 1 radical (unpaired) electrons. The molecule has 0 aliphatic heterocycles. The van der Waals surface area contributed by atoms with Gasteiger partial charge in [-0.1, -0.05) is 32.0 Å². The average Bonchev–Trinajstić information content (AvgIpc) is 2.26. The van der Waals surface area contributed by atoms with Crippen LogP contribution in [0.2, 0.25) is 0 Å². The van der Waals surface area contributed by atoms with Gasteiger partial charge in [-0.3, -0.25) is 0 Å². The Bertz CT molecular complexity index is 375. The first-order valence-corrected chi connectivity index (χ1v) is 5.20. The first kappa shape index (κ1) is 13.8. The van der Waals surface area contributed by atoms with Crippen LogP contribution in [0.15, 0.2) is 18.2 Å². The van der Waals surface area contributed by atoms with Gasteiger partial charge in [0.1, 0.15) is 5.75 Å². The number of aryl methyl sites for hydroxylation is 1. The number of para-hydroxylation sites is 1. The van der Waals surface area contributed by atoms with E-state index in [0.29, 0.717) is 23.5 Å². The lowest BCUT2D eigenvalue weighted by Crippen LogP contribution is -2.20. The number of aliphatic hydroxyl groups excluding tert-OH is 1. The zero-order valence-electron chi connectivity index (χ0n) is 9.64. The van der Waals surface area contributed by atoms with Gasteiger partial charge in [-0.05, 0) is 12.0 Å². The van der Waals surface area contributed by atoms with Gasteiger partial charge in [0.15, 0.2) is 0 Å². The Morgan fingerprint density at radius 2 is 2.00 bits per heavy atom. The number of hydrogen-bond acceptors (Lipinski definition) is 2. The van der Waals surface area contributed by atoms with Crippen molar-refractivity contribution in [3.05, 3.63) is 35.2 Å². The first-order chi connectivity index (χ1) is 7.89. The topological polar surface area (TPSA) is 29.5 Å². The van der Waals surface area contributed by atoms with E-state index in [1.54, 1.807) is 26.0 Å². The molecule has 0 saturated carbocycles. The van der Waals surface area contributed by atoms with Crippen LogP contribution in [0.4, 0.5) is 13.2 Å². The molecular weight excluding hydrogens is 233 g/mol. The van der Waals surface area contributed by atoms with E-state index in [1.807, 2.05) is 0 Å². The van der Waals surface area contributed by atoms with E-state index < -0.39 is 6.36 Å². The summed E-state index contributed by atoms with van der Waals surface area (Å²) >= 11 is 0. The predicted molar refractivity (Wildman–Crippen MR) is 57.6 cm³/mol. The van der Waals surface area contributed by atoms with Crippen molar-refractivity contribution in [2.75, 3.05) is 6.61 Å². The Kier molecular flexibility index (Phi) is 4.40. The van der Waals surface area contributed by atoms with Crippen LogP contribution in [0.25, 0.3) is 0 Å². The molecule has 17 heavy (non-hydrogen) atoms. The standard InChI is InChI=1S/C12H14F3O2/c1-3-9-5-4-6-10(8(2)7-16)11(9)17-12(13,14)15/h4-6,16H,3,7H2,1-2H3. The summed E-state index contributed by atoms with van der Waals surface area (Å²) in [5, 5.41) is 9.00. The third kappa shape index (κ3) is 3.63. The molecule has 1 aromatic carbocycles. The number of benzene rings is 1. The summed E-state index contributed by atoms with van der Waals surface area (Å²) < 4.78 is 41.0. The van der Waals surface area contributed by atoms with E-state index >= 15 is 0 Å². The van der Waals surface area contributed by atoms with E-state index in [0.717, 1.165) is 0 Å². The van der Waals surface area contributed by atoms with Crippen LogP contribution in [0.1, 0.15) is 25.0 Å². The summed E-state index contributed by atoms with van der Waals surface area (Å²) in [6.45, 7) is 3.01. The number of aliphatic hydroxyl groups is 1. The fourth-order valence-electron chi connectivity index (χ4n) is 1.52. The lowest BCUT2D eigenvalue weighted by molar-refractivity contribution is -0.275. The van der Waals surface area contributed by atoms with E-state index in [9.17, 15) is 13.2 Å². The lowest BCUT2D eigenvalue weighted by Gasteiger charge is -2.19. The van der Waals surface area contributed by atoms with Crippen molar-refractivity contribution >= 4 is 0 Å². The van der Waals surface area contributed by atoms with Crippen molar-refractivity contribution in [1.82, 2.24) is 0 Å². The maximum absolute atomic E-state index is 12.3. The highest BCUT2D eigenvalue weighted by atomic mass is 19.4. The highest BCUT2D eigenvalue weighted by molar-refractivity contribution is 5.48. The molecule has 0 fully saturated rings. The SMILES string of the molecule is CCc1cccc([C](C)CO)c1OC(F)(F)F. The highest BCUT2D eigenvalue weighted by Crippen LogP contribution is 2.34. The van der Waals surface area contributed by atoms with Crippen LogP contribution in [0.3, 0.4) is 0 Å². The zero-order valence-corrected chi connectivity index (χ0v) is 9.64. The molecule has 0 heterocycles. The minimum atomic E-state index is -4.73. The van der Waals surface area contributed by atoms with Gasteiger partial charge in [-0.15, -0.1) is 13.2 Å². The van der Waals surface area contributed by atoms with Crippen molar-refractivity contribution in [3.63, 3.8) is 0 Å². The predicted octanol–water partition coefficient (Wildman–Crippen LogP) is 3.08. The Hall–Kier alpha value is -1.23. The minimum Gasteiger partial charge on any atom is -0.405 e. The van der Waals surface area contributed by atoms with E-state index in [2.05, 4.69) is 4.74 Å². The zero-order chi connectivity index (χ0) is 13.1. The van der Waals surface area contributed by atoms with Crippen LogP contribution >= 0.6 is 0 Å². The molecule has 1 N–H and O–H groups in total. The van der Waals surface area contributed by atoms with Gasteiger partial charge in [-0.2, -0.15) is 0 Å². The molecule has 0 spiro atoms. The van der Waals surface area contributed by atoms with Gasteiger partial charge in [-0.25, -0.2) is 0 Å². The van der Waals surface area contributed by atoms with Gasteiger partial charge in [0.05, 0.1) is 6.61 Å². The first-order valence-electron chi connectivity index (χ1n) is 5.20. The van der Waals surface area contributed by atoms with Crippen LogP contribution < -0.4 is 4.74 Å². The van der Waals surface area contributed by atoms with Crippen molar-refractivity contribution in [1.29, 1.82) is 0 Å².